The summed E-state index contributed by atoms with van der Waals surface area (Å²) in [5.74, 6) is -0.434. The van der Waals surface area contributed by atoms with Crippen molar-refractivity contribution in [2.75, 3.05) is 0 Å². The van der Waals surface area contributed by atoms with Crippen molar-refractivity contribution in [1.29, 1.82) is 0 Å². The molecule has 0 saturated carbocycles. The molecule has 6 nitrogen and oxygen atoms in total. The van der Waals surface area contributed by atoms with Gasteiger partial charge in [0.1, 0.15) is 17.6 Å². The Bertz CT molecular complexity index is 742. The molecule has 0 bridgehead atoms. The van der Waals surface area contributed by atoms with E-state index < -0.39 is 27.8 Å². The smallest absolute Gasteiger partial charge is 0.241 e. The van der Waals surface area contributed by atoms with Gasteiger partial charge < -0.3 is 9.73 Å². The molecule has 1 aromatic heterocycles. The van der Waals surface area contributed by atoms with Crippen molar-refractivity contribution in [3.8, 4) is 0 Å². The number of furan rings is 1. The van der Waals surface area contributed by atoms with Crippen LogP contribution in [0, 0.1) is 5.82 Å². The van der Waals surface area contributed by atoms with E-state index >= 15 is 0 Å². The Labute approximate surface area is 133 Å². The Kier molecular flexibility index (Phi) is 5.51. The summed E-state index contributed by atoms with van der Waals surface area (Å²) in [6.45, 7) is 1.85. The molecule has 23 heavy (non-hydrogen) atoms. The van der Waals surface area contributed by atoms with Crippen LogP contribution in [0.3, 0.4) is 0 Å². The molecule has 1 heterocycles. The fourth-order valence-electron chi connectivity index (χ4n) is 1.90. The van der Waals surface area contributed by atoms with Crippen LogP contribution < -0.4 is 10.0 Å². The molecule has 0 fully saturated rings. The van der Waals surface area contributed by atoms with Crippen LogP contribution in [-0.2, 0) is 21.4 Å². The average molecular weight is 340 g/mol. The van der Waals surface area contributed by atoms with Crippen molar-refractivity contribution in [1.82, 2.24) is 10.0 Å². The number of benzene rings is 1. The normalized spacial score (nSPS) is 12.8. The van der Waals surface area contributed by atoms with Crippen LogP contribution >= 0.6 is 0 Å². The maximum Gasteiger partial charge on any atom is 0.241 e. The van der Waals surface area contributed by atoms with Crippen molar-refractivity contribution in [3.05, 3.63) is 54.2 Å². The fourth-order valence-corrected chi connectivity index (χ4v) is 3.18. The number of carbonyl (C=O) groups is 1. The highest BCUT2D eigenvalue weighted by Crippen LogP contribution is 2.11. The third kappa shape index (κ3) is 4.64. The van der Waals surface area contributed by atoms with E-state index in [0.717, 1.165) is 24.3 Å². The molecule has 0 aliphatic carbocycles. The highest BCUT2D eigenvalue weighted by Gasteiger charge is 2.24. The Morgan fingerprint density at radius 1 is 1.26 bits per heavy atom. The number of hydrogen-bond donors (Lipinski definition) is 2. The number of sulfonamides is 1. The number of halogens is 1. The van der Waals surface area contributed by atoms with E-state index in [-0.39, 0.29) is 17.9 Å². The summed E-state index contributed by atoms with van der Waals surface area (Å²) in [5, 5.41) is 2.60. The van der Waals surface area contributed by atoms with Crippen molar-refractivity contribution in [3.63, 3.8) is 0 Å². The molecule has 0 aliphatic rings. The van der Waals surface area contributed by atoms with Crippen LogP contribution in [0.5, 0.6) is 0 Å². The second-order valence-corrected chi connectivity index (χ2v) is 6.55. The minimum Gasteiger partial charge on any atom is -0.467 e. The van der Waals surface area contributed by atoms with Gasteiger partial charge in [-0.2, -0.15) is 4.72 Å². The third-order valence-corrected chi connectivity index (χ3v) is 4.65. The van der Waals surface area contributed by atoms with E-state index in [1.165, 1.54) is 6.26 Å². The van der Waals surface area contributed by atoms with Gasteiger partial charge in [-0.3, -0.25) is 4.79 Å². The topological polar surface area (TPSA) is 88.4 Å². The summed E-state index contributed by atoms with van der Waals surface area (Å²) < 4.78 is 44.7. The lowest BCUT2D eigenvalue weighted by molar-refractivity contribution is -0.123. The zero-order chi connectivity index (χ0) is 16.9. The molecule has 2 rings (SSSR count). The number of hydrogen-bond acceptors (Lipinski definition) is 4. The molecular formula is C15H17FN2O4S. The number of nitrogens with one attached hydrogen (secondary N) is 2. The SMILES string of the molecule is CCC(NS(=O)(=O)c1ccc(F)cc1)C(=O)NCc1ccco1. The molecule has 0 saturated heterocycles. The average Bonchev–Trinajstić information content (AvgIpc) is 3.04. The lowest BCUT2D eigenvalue weighted by atomic mass is 10.2. The molecule has 1 amide bonds. The number of rotatable bonds is 7. The first kappa shape index (κ1) is 17.2. The van der Waals surface area contributed by atoms with Crippen LogP contribution in [0.15, 0.2) is 52.0 Å². The van der Waals surface area contributed by atoms with E-state index in [0.29, 0.717) is 5.76 Å². The lowest BCUT2D eigenvalue weighted by Crippen LogP contribution is -2.46. The molecule has 1 aromatic carbocycles. The molecule has 0 aliphatic heterocycles. The highest BCUT2D eigenvalue weighted by molar-refractivity contribution is 7.89. The molecule has 2 N–H and O–H groups in total. The monoisotopic (exact) mass is 340 g/mol. The summed E-state index contributed by atoms with van der Waals surface area (Å²) in [6.07, 6.45) is 1.75. The minimum atomic E-state index is -3.91. The van der Waals surface area contributed by atoms with Gasteiger partial charge in [-0.05, 0) is 42.8 Å². The van der Waals surface area contributed by atoms with E-state index in [2.05, 4.69) is 10.0 Å². The number of carbonyl (C=O) groups excluding carboxylic acids is 1. The summed E-state index contributed by atoms with van der Waals surface area (Å²) in [7, 11) is -3.91. The quantitative estimate of drug-likeness (QED) is 0.804. The third-order valence-electron chi connectivity index (χ3n) is 3.16. The summed E-state index contributed by atoms with van der Waals surface area (Å²) in [4.78, 5) is 12.0. The maximum absolute atomic E-state index is 12.9. The van der Waals surface area contributed by atoms with Gasteiger partial charge in [-0.15, -0.1) is 0 Å². The standard InChI is InChI=1S/C15H17FN2O4S/c1-2-14(15(19)17-10-12-4-3-9-22-12)18-23(20,21)13-7-5-11(16)6-8-13/h3-9,14,18H,2,10H2,1H3,(H,17,19). The molecule has 0 spiro atoms. The second kappa shape index (κ2) is 7.38. The van der Waals surface area contributed by atoms with Crippen LogP contribution in [0.4, 0.5) is 4.39 Å². The van der Waals surface area contributed by atoms with Crippen LogP contribution in [0.1, 0.15) is 19.1 Å². The van der Waals surface area contributed by atoms with Crippen molar-refractivity contribution < 1.29 is 22.0 Å². The Hall–Kier alpha value is -2.19. The zero-order valence-corrected chi connectivity index (χ0v) is 13.3. The fraction of sp³-hybridized carbons (Fsp3) is 0.267. The molecule has 0 radical (unpaired) electrons. The van der Waals surface area contributed by atoms with Crippen LogP contribution in [0.25, 0.3) is 0 Å². The molecule has 124 valence electrons. The summed E-state index contributed by atoms with van der Waals surface area (Å²) in [6, 6.07) is 6.84. The van der Waals surface area contributed by atoms with Crippen molar-refractivity contribution in [2.24, 2.45) is 0 Å². The van der Waals surface area contributed by atoms with Gasteiger partial charge >= 0.3 is 0 Å². The summed E-state index contributed by atoms with van der Waals surface area (Å²) in [5.41, 5.74) is 0. The molecule has 8 heteroatoms. The second-order valence-electron chi connectivity index (χ2n) is 4.83. The van der Waals surface area contributed by atoms with Gasteiger partial charge in [-0.25, -0.2) is 12.8 Å². The molecular weight excluding hydrogens is 323 g/mol. The molecule has 2 aromatic rings. The minimum absolute atomic E-state index is 0.101. The van der Waals surface area contributed by atoms with Crippen molar-refractivity contribution in [2.45, 2.75) is 30.8 Å². The lowest BCUT2D eigenvalue weighted by Gasteiger charge is -2.16. The number of amides is 1. The van der Waals surface area contributed by atoms with Crippen molar-refractivity contribution >= 4 is 15.9 Å². The first-order chi connectivity index (χ1) is 10.9. The van der Waals surface area contributed by atoms with Gasteiger partial charge in [-0.1, -0.05) is 6.92 Å². The van der Waals surface area contributed by atoms with Crippen LogP contribution in [-0.4, -0.2) is 20.4 Å². The Balaban J connectivity index is 2.02. The molecule has 1 unspecified atom stereocenters. The van der Waals surface area contributed by atoms with E-state index in [9.17, 15) is 17.6 Å². The predicted molar refractivity (Wildman–Crippen MR) is 81.4 cm³/mol. The predicted octanol–water partition coefficient (Wildman–Crippen LogP) is 1.79. The van der Waals surface area contributed by atoms with Gasteiger partial charge in [0.2, 0.25) is 15.9 Å². The molecule has 1 atom stereocenters. The van der Waals surface area contributed by atoms with Gasteiger partial charge in [0, 0.05) is 0 Å². The van der Waals surface area contributed by atoms with Gasteiger partial charge in [0.05, 0.1) is 17.7 Å². The van der Waals surface area contributed by atoms with Gasteiger partial charge in [0.15, 0.2) is 0 Å². The van der Waals surface area contributed by atoms with E-state index in [1.54, 1.807) is 19.1 Å². The first-order valence-electron chi connectivity index (χ1n) is 7.00. The summed E-state index contributed by atoms with van der Waals surface area (Å²) >= 11 is 0. The van der Waals surface area contributed by atoms with Crippen LogP contribution in [0.2, 0.25) is 0 Å². The Morgan fingerprint density at radius 2 is 1.96 bits per heavy atom. The zero-order valence-electron chi connectivity index (χ0n) is 12.5. The highest BCUT2D eigenvalue weighted by atomic mass is 32.2. The Morgan fingerprint density at radius 3 is 2.52 bits per heavy atom. The first-order valence-corrected chi connectivity index (χ1v) is 8.48. The van der Waals surface area contributed by atoms with Gasteiger partial charge in [0.25, 0.3) is 0 Å². The maximum atomic E-state index is 12.9. The van der Waals surface area contributed by atoms with E-state index in [1.807, 2.05) is 0 Å². The van der Waals surface area contributed by atoms with E-state index in [4.69, 9.17) is 4.42 Å². The largest absolute Gasteiger partial charge is 0.467 e.